The van der Waals surface area contributed by atoms with Crippen molar-refractivity contribution < 1.29 is 34.1 Å². The number of urea groups is 1. The molecular weight excluding hydrogens is 396 g/mol. The molecule has 0 aromatic rings. The van der Waals surface area contributed by atoms with Crippen molar-refractivity contribution in [1.29, 1.82) is 0 Å². The Morgan fingerprint density at radius 3 is 1.47 bits per heavy atom. The van der Waals surface area contributed by atoms with Gasteiger partial charge in [0.05, 0.1) is 26.4 Å². The second kappa shape index (κ2) is 15.6. The van der Waals surface area contributed by atoms with E-state index in [1.807, 2.05) is 0 Å². The molecule has 2 heterocycles. The summed E-state index contributed by atoms with van der Waals surface area (Å²) in [6.45, 7) is 10.8. The summed E-state index contributed by atoms with van der Waals surface area (Å²) in [6.07, 6.45) is 3.06. The molecule has 2 aliphatic rings. The van der Waals surface area contributed by atoms with Gasteiger partial charge in [0, 0.05) is 64.5 Å². The zero-order valence-corrected chi connectivity index (χ0v) is 17.4. The summed E-state index contributed by atoms with van der Waals surface area (Å²) in [5.41, 5.74) is 5.49. The van der Waals surface area contributed by atoms with Crippen LogP contribution in [0.3, 0.4) is 0 Å². The van der Waals surface area contributed by atoms with Gasteiger partial charge in [0.15, 0.2) is 0 Å². The molecule has 0 atom stereocenters. The number of nitrogens with zero attached hydrogens (tertiary/aromatic N) is 3. The predicted octanol–water partition coefficient (Wildman–Crippen LogP) is -0.476. The molecule has 2 saturated heterocycles. The van der Waals surface area contributed by atoms with Crippen LogP contribution in [0, 0.1) is 0 Å². The Kier molecular flexibility index (Phi) is 13.4. The monoisotopic (exact) mass is 430 g/mol. The van der Waals surface area contributed by atoms with E-state index in [2.05, 4.69) is 9.80 Å². The number of nitrogens with two attached hydrogens (primary N) is 1. The number of primary amides is 1. The van der Waals surface area contributed by atoms with E-state index in [0.29, 0.717) is 12.2 Å². The second-order valence-corrected chi connectivity index (χ2v) is 6.95. The molecule has 2 amide bonds. The summed E-state index contributed by atoms with van der Waals surface area (Å²) in [5.74, 6) is -2.51. The van der Waals surface area contributed by atoms with E-state index >= 15 is 0 Å². The first-order valence-electron chi connectivity index (χ1n) is 10.2. The molecule has 172 valence electrons. The molecule has 2 aliphatic heterocycles. The van der Waals surface area contributed by atoms with E-state index < -0.39 is 11.9 Å². The molecule has 11 heteroatoms. The quantitative estimate of drug-likeness (QED) is 0.391. The lowest BCUT2D eigenvalue weighted by Gasteiger charge is -2.29. The van der Waals surface area contributed by atoms with Gasteiger partial charge in [0.25, 0.3) is 0 Å². The maximum absolute atomic E-state index is 11.5. The van der Waals surface area contributed by atoms with Gasteiger partial charge in [-0.25, -0.2) is 14.4 Å². The molecule has 0 aromatic heterocycles. The van der Waals surface area contributed by atoms with Crippen molar-refractivity contribution in [3.05, 3.63) is 12.2 Å². The number of morpholine rings is 2. The van der Waals surface area contributed by atoms with Gasteiger partial charge in [-0.15, -0.1) is 0 Å². The Hall–Kier alpha value is -2.21. The number of hydrogen-bond donors (Lipinski definition) is 3. The average molecular weight is 431 g/mol. The van der Waals surface area contributed by atoms with E-state index in [9.17, 15) is 14.4 Å². The molecule has 0 bridgehead atoms. The van der Waals surface area contributed by atoms with Crippen molar-refractivity contribution in [3.8, 4) is 0 Å². The number of aliphatic carboxylic acids is 2. The fourth-order valence-electron chi connectivity index (χ4n) is 3.09. The topological polar surface area (TPSA) is 146 Å². The van der Waals surface area contributed by atoms with Gasteiger partial charge in [0.2, 0.25) is 0 Å². The number of carbonyl (C=O) groups excluding carboxylic acids is 1. The summed E-state index contributed by atoms with van der Waals surface area (Å²) >= 11 is 0. The van der Waals surface area contributed by atoms with Crippen LogP contribution in [0.4, 0.5) is 4.79 Å². The normalized spacial score (nSPS) is 17.9. The third-order valence-corrected chi connectivity index (χ3v) is 4.69. The summed E-state index contributed by atoms with van der Waals surface area (Å²) in [7, 11) is 0. The van der Waals surface area contributed by atoms with Crippen LogP contribution in [0.15, 0.2) is 12.2 Å². The van der Waals surface area contributed by atoms with Crippen LogP contribution >= 0.6 is 0 Å². The molecule has 4 N–H and O–H groups in total. The third kappa shape index (κ3) is 13.1. The number of hydrogen-bond acceptors (Lipinski definition) is 7. The minimum Gasteiger partial charge on any atom is -0.478 e. The minimum absolute atomic E-state index is 0.302. The number of carboxylic acids is 2. The second-order valence-electron chi connectivity index (χ2n) is 6.95. The average Bonchev–Trinajstić information content (AvgIpc) is 2.73. The van der Waals surface area contributed by atoms with Gasteiger partial charge in [-0.1, -0.05) is 0 Å². The van der Waals surface area contributed by atoms with Gasteiger partial charge in [0.1, 0.15) is 0 Å². The van der Waals surface area contributed by atoms with Crippen LogP contribution in [0.2, 0.25) is 0 Å². The fourth-order valence-corrected chi connectivity index (χ4v) is 3.09. The molecular formula is C19H34N4O7. The highest BCUT2D eigenvalue weighted by atomic mass is 16.5. The number of carboxylic acid groups (broad SMARTS) is 2. The van der Waals surface area contributed by atoms with E-state index in [0.717, 1.165) is 91.6 Å². The van der Waals surface area contributed by atoms with Crippen molar-refractivity contribution in [2.75, 3.05) is 78.8 Å². The molecule has 0 aromatic carbocycles. The Morgan fingerprint density at radius 1 is 0.800 bits per heavy atom. The van der Waals surface area contributed by atoms with E-state index in [4.69, 9.17) is 25.4 Å². The molecule has 11 nitrogen and oxygen atoms in total. The van der Waals surface area contributed by atoms with Crippen molar-refractivity contribution in [2.24, 2.45) is 5.73 Å². The number of amides is 2. The molecule has 2 fully saturated rings. The smallest absolute Gasteiger partial charge is 0.328 e. The van der Waals surface area contributed by atoms with Crippen LogP contribution in [-0.4, -0.2) is 122 Å². The van der Waals surface area contributed by atoms with E-state index in [1.165, 1.54) is 0 Å². The highest BCUT2D eigenvalue weighted by Crippen LogP contribution is 2.02. The number of rotatable bonds is 10. The Morgan fingerprint density at radius 2 is 1.17 bits per heavy atom. The number of carbonyl (C=O) groups is 3. The summed E-state index contributed by atoms with van der Waals surface area (Å²) in [5, 5.41) is 15.6. The first-order chi connectivity index (χ1) is 14.4. The first kappa shape index (κ1) is 25.8. The molecule has 0 spiro atoms. The van der Waals surface area contributed by atoms with Gasteiger partial charge < -0.3 is 30.3 Å². The standard InChI is InChI=1S/C15H30N4O3.C4H4O4/c16-15(20)19(5-1-3-17-7-11-21-12-8-17)6-2-4-18-9-13-22-14-10-18;5-3(6)1-2-4(7)8/h1-14H2,(H2,16,20);1-2H,(H,5,6)(H,7,8). The SMILES string of the molecule is NC(=O)N(CCCN1CCOCC1)CCCN1CCOCC1.O=C(O)C=CC(=O)O. The predicted molar refractivity (Wildman–Crippen MR) is 109 cm³/mol. The maximum Gasteiger partial charge on any atom is 0.328 e. The zero-order chi connectivity index (χ0) is 22.2. The molecule has 30 heavy (non-hydrogen) atoms. The maximum atomic E-state index is 11.5. The number of ether oxygens (including phenoxy) is 2. The van der Waals surface area contributed by atoms with Gasteiger partial charge in [-0.3, -0.25) is 9.80 Å². The lowest BCUT2D eigenvalue weighted by atomic mass is 10.3. The molecule has 0 aliphatic carbocycles. The largest absolute Gasteiger partial charge is 0.478 e. The van der Waals surface area contributed by atoms with Gasteiger partial charge >= 0.3 is 18.0 Å². The highest BCUT2D eigenvalue weighted by molar-refractivity contribution is 5.89. The van der Waals surface area contributed by atoms with Crippen molar-refractivity contribution >= 4 is 18.0 Å². The summed E-state index contributed by atoms with van der Waals surface area (Å²) < 4.78 is 10.7. The molecule has 0 saturated carbocycles. The molecule has 0 radical (unpaired) electrons. The highest BCUT2D eigenvalue weighted by Gasteiger charge is 2.14. The Labute approximate surface area is 177 Å². The Bertz CT molecular complexity index is 507. The van der Waals surface area contributed by atoms with Crippen LogP contribution < -0.4 is 5.73 Å². The lowest BCUT2D eigenvalue weighted by molar-refractivity contribution is -0.134. The van der Waals surface area contributed by atoms with E-state index in [1.54, 1.807) is 4.90 Å². The third-order valence-electron chi connectivity index (χ3n) is 4.69. The van der Waals surface area contributed by atoms with Crippen LogP contribution in [0.25, 0.3) is 0 Å². The van der Waals surface area contributed by atoms with Gasteiger partial charge in [-0.2, -0.15) is 0 Å². The summed E-state index contributed by atoms with van der Waals surface area (Å²) in [4.78, 5) is 37.2. The van der Waals surface area contributed by atoms with Crippen LogP contribution in [0.1, 0.15) is 12.8 Å². The van der Waals surface area contributed by atoms with Gasteiger partial charge in [-0.05, 0) is 12.8 Å². The first-order valence-corrected chi connectivity index (χ1v) is 10.2. The van der Waals surface area contributed by atoms with Crippen molar-refractivity contribution in [1.82, 2.24) is 14.7 Å². The van der Waals surface area contributed by atoms with Crippen molar-refractivity contribution in [2.45, 2.75) is 12.8 Å². The van der Waals surface area contributed by atoms with E-state index in [-0.39, 0.29) is 6.03 Å². The minimum atomic E-state index is -1.26. The lowest BCUT2D eigenvalue weighted by Crippen LogP contribution is -2.42. The zero-order valence-electron chi connectivity index (χ0n) is 17.4. The fraction of sp³-hybridized carbons (Fsp3) is 0.737. The van der Waals surface area contributed by atoms with Crippen molar-refractivity contribution in [3.63, 3.8) is 0 Å². The van der Waals surface area contributed by atoms with Crippen LogP contribution in [-0.2, 0) is 19.1 Å². The molecule has 0 unspecified atom stereocenters. The van der Waals surface area contributed by atoms with Crippen LogP contribution in [0.5, 0.6) is 0 Å². The molecule has 2 rings (SSSR count). The summed E-state index contributed by atoms with van der Waals surface area (Å²) in [6, 6.07) is -0.302. The Balaban J connectivity index is 0.000000479.